The summed E-state index contributed by atoms with van der Waals surface area (Å²) in [7, 11) is -0.551. The lowest BCUT2D eigenvalue weighted by Gasteiger charge is -2.54. The number of thiazole rings is 1. The molecule has 0 saturated carbocycles. The number of anilines is 1. The van der Waals surface area contributed by atoms with Crippen LogP contribution in [0.25, 0.3) is 0 Å². The quantitative estimate of drug-likeness (QED) is 0.0774. The summed E-state index contributed by atoms with van der Waals surface area (Å²) < 4.78 is 5.17. The van der Waals surface area contributed by atoms with E-state index in [0.29, 0.717) is 5.75 Å². The number of carbonyl (C=O) groups excluding carboxylic acids is 3. The molecule has 0 spiro atoms. The minimum Gasteiger partial charge on any atom is -0.477 e. The molecule has 3 aliphatic rings. The van der Waals surface area contributed by atoms with E-state index >= 15 is 0 Å². The number of oxime groups is 1. The number of carbonyl (C=O) groups is 4. The molecular weight excluding hydrogens is 494 g/mol. The van der Waals surface area contributed by atoms with Crippen molar-refractivity contribution in [1.29, 1.82) is 0 Å². The van der Waals surface area contributed by atoms with Crippen LogP contribution in [0.3, 0.4) is 0 Å². The van der Waals surface area contributed by atoms with Crippen molar-refractivity contribution in [1.82, 2.24) is 15.2 Å². The number of amides is 2. The van der Waals surface area contributed by atoms with Gasteiger partial charge in [0.2, 0.25) is 5.37 Å². The molecule has 3 fully saturated rings. The Hall–Kier alpha value is -2.95. The minimum absolute atomic E-state index is 0.0630. The zero-order valence-corrected chi connectivity index (χ0v) is 19.4. The van der Waals surface area contributed by atoms with Gasteiger partial charge in [-0.15, -0.1) is 11.3 Å². The average molecular weight is 517 g/mol. The van der Waals surface area contributed by atoms with Gasteiger partial charge in [0, 0.05) is 16.3 Å². The van der Waals surface area contributed by atoms with Crippen LogP contribution in [0.2, 0.25) is 0 Å². The molecule has 0 bridgehead atoms. The number of fused-ring (bicyclic) bond motifs is 3. The molecule has 14 nitrogen and oxygen atoms in total. The van der Waals surface area contributed by atoms with Gasteiger partial charge in [-0.05, 0) is 0 Å². The highest BCUT2D eigenvalue weighted by molar-refractivity contribution is 7.97. The maximum atomic E-state index is 13.0. The molecule has 6 atom stereocenters. The van der Waals surface area contributed by atoms with E-state index < -0.39 is 77.0 Å². The number of aromatic nitrogens is 1. The summed E-state index contributed by atoms with van der Waals surface area (Å²) in [5.74, 6) is -4.00. The zero-order valence-electron chi connectivity index (χ0n) is 17.7. The molecule has 3 saturated heterocycles. The first-order valence-electron chi connectivity index (χ1n) is 10.0. The predicted molar refractivity (Wildman–Crippen MR) is 117 cm³/mol. The highest BCUT2D eigenvalue weighted by Gasteiger charge is 2.76. The van der Waals surface area contributed by atoms with Crippen molar-refractivity contribution in [3.63, 3.8) is 0 Å². The standard InChI is InChI=1S/C18H21N5O9S2/c1-34-6-7-2-10(26)32-18(7,16(29)30)23-14(28)12(15(23)34)21-13(27)11(9-5-33-17(19)20-9)22-31-4-8(25)3-24/h5,7-8,12,15,24-25H,2-4,6H2,1H3,(H3-,19,20,21,27,29,30)/p+1/b22-11-/t7-,8-,12+,15+,18+,34?/m0/s1. The SMILES string of the molecule is C[S+]1C[C@@H]2CC(=O)O[C@]2(C(=O)O)N2C(=O)[C@@H](NC(=O)/C(=N\OC[C@@H](O)CO)c3csc(N)n3)[C@H]21. The van der Waals surface area contributed by atoms with Crippen molar-refractivity contribution in [2.45, 2.75) is 29.7 Å². The number of nitrogens with one attached hydrogen (secondary N) is 1. The lowest BCUT2D eigenvalue weighted by molar-refractivity contribution is -0.216. The number of aliphatic carboxylic acids is 1. The highest BCUT2D eigenvalue weighted by atomic mass is 32.2. The Labute approximate surface area is 199 Å². The number of carboxylic acids is 1. The van der Waals surface area contributed by atoms with Gasteiger partial charge >= 0.3 is 11.9 Å². The number of aliphatic hydroxyl groups excluding tert-OH is 2. The fourth-order valence-electron chi connectivity index (χ4n) is 4.21. The number of aliphatic hydroxyl groups is 2. The van der Waals surface area contributed by atoms with Crippen LogP contribution in [-0.4, -0.2) is 103 Å². The molecule has 1 aromatic heterocycles. The van der Waals surface area contributed by atoms with Gasteiger partial charge in [0.05, 0.1) is 25.2 Å². The summed E-state index contributed by atoms with van der Waals surface area (Å²) in [6.07, 6.45) is 0.498. The Morgan fingerprint density at radius 1 is 1.53 bits per heavy atom. The zero-order chi connectivity index (χ0) is 24.8. The summed E-state index contributed by atoms with van der Waals surface area (Å²) >= 11 is 1.04. The number of rotatable bonds is 8. The van der Waals surface area contributed by atoms with Gasteiger partial charge in [-0.1, -0.05) is 5.16 Å². The van der Waals surface area contributed by atoms with Crippen LogP contribution in [0, 0.1) is 5.92 Å². The van der Waals surface area contributed by atoms with Gasteiger partial charge in [-0.3, -0.25) is 14.4 Å². The van der Waals surface area contributed by atoms with E-state index in [-0.39, 0.29) is 23.0 Å². The van der Waals surface area contributed by atoms with E-state index in [4.69, 9.17) is 20.4 Å². The number of nitrogen functional groups attached to an aromatic ring is 1. The largest absolute Gasteiger partial charge is 0.477 e. The Morgan fingerprint density at radius 2 is 2.26 bits per heavy atom. The molecule has 4 rings (SSSR count). The lowest BCUT2D eigenvalue weighted by Crippen LogP contribution is -2.84. The first kappa shape index (κ1) is 24.2. The number of carboxylic acid groups (broad SMARTS) is 1. The van der Waals surface area contributed by atoms with E-state index in [1.807, 2.05) is 6.26 Å². The Bertz CT molecular complexity index is 1060. The fraction of sp³-hybridized carbons (Fsp3) is 0.556. The third-order valence-corrected chi connectivity index (χ3v) is 8.63. The third kappa shape index (κ3) is 3.85. The molecule has 0 aromatic carbocycles. The van der Waals surface area contributed by atoms with Crippen LogP contribution in [0.15, 0.2) is 10.5 Å². The van der Waals surface area contributed by atoms with Crippen LogP contribution in [0.5, 0.6) is 0 Å². The van der Waals surface area contributed by atoms with Crippen LogP contribution >= 0.6 is 11.3 Å². The van der Waals surface area contributed by atoms with Gasteiger partial charge < -0.3 is 35.9 Å². The van der Waals surface area contributed by atoms with Crippen molar-refractivity contribution in [2.24, 2.45) is 11.1 Å². The summed E-state index contributed by atoms with van der Waals surface area (Å²) in [5.41, 5.74) is 3.29. The number of hydrogen-bond acceptors (Lipinski definition) is 12. The molecule has 1 aromatic rings. The first-order valence-corrected chi connectivity index (χ1v) is 12.8. The molecule has 184 valence electrons. The highest BCUT2D eigenvalue weighted by Crippen LogP contribution is 2.48. The smallest absolute Gasteiger partial charge is 0.371 e. The maximum absolute atomic E-state index is 13.0. The van der Waals surface area contributed by atoms with Gasteiger partial charge in [-0.25, -0.2) is 14.7 Å². The van der Waals surface area contributed by atoms with Crippen molar-refractivity contribution in [2.75, 3.05) is 31.0 Å². The molecule has 34 heavy (non-hydrogen) atoms. The second-order valence-corrected chi connectivity index (χ2v) is 11.0. The second kappa shape index (κ2) is 9.01. The molecule has 0 radical (unpaired) electrons. The third-order valence-electron chi connectivity index (χ3n) is 5.72. The topological polar surface area (TPSA) is 214 Å². The Kier molecular flexibility index (Phi) is 6.41. The summed E-state index contributed by atoms with van der Waals surface area (Å²) in [5, 5.41) is 35.3. The van der Waals surface area contributed by atoms with E-state index in [1.54, 1.807) is 0 Å². The van der Waals surface area contributed by atoms with Gasteiger partial charge in [0.1, 0.15) is 24.2 Å². The van der Waals surface area contributed by atoms with Gasteiger partial charge in [0.15, 0.2) is 16.9 Å². The molecule has 1 unspecified atom stereocenters. The second-order valence-electron chi connectivity index (χ2n) is 7.93. The number of nitrogens with two attached hydrogens (primary N) is 1. The van der Waals surface area contributed by atoms with E-state index in [9.17, 15) is 29.4 Å². The van der Waals surface area contributed by atoms with Crippen molar-refractivity contribution in [3.05, 3.63) is 11.1 Å². The minimum atomic E-state index is -2.08. The van der Waals surface area contributed by atoms with Crippen molar-refractivity contribution in [3.8, 4) is 0 Å². The van der Waals surface area contributed by atoms with Crippen molar-refractivity contribution >= 4 is 56.8 Å². The molecule has 0 aliphatic carbocycles. The first-order chi connectivity index (χ1) is 16.1. The number of β-lactam (4-membered cyclic amide) rings is 1. The molecule has 2 amide bonds. The average Bonchev–Trinajstić information content (AvgIpc) is 3.35. The summed E-state index contributed by atoms with van der Waals surface area (Å²) in [6.45, 7) is -0.984. The monoisotopic (exact) mass is 516 g/mol. The molecule has 16 heteroatoms. The summed E-state index contributed by atoms with van der Waals surface area (Å²) in [4.78, 5) is 60.1. The van der Waals surface area contributed by atoms with Gasteiger partial charge in [0.25, 0.3) is 17.5 Å². The van der Waals surface area contributed by atoms with Crippen LogP contribution in [-0.2, 0) is 39.6 Å². The number of hydrogen-bond donors (Lipinski definition) is 5. The number of nitrogens with zero attached hydrogens (tertiary/aromatic N) is 3. The van der Waals surface area contributed by atoms with Crippen LogP contribution < -0.4 is 11.1 Å². The van der Waals surface area contributed by atoms with E-state index in [2.05, 4.69) is 15.5 Å². The Morgan fingerprint density at radius 3 is 2.88 bits per heavy atom. The molecular formula is C18H22N5O9S2+. The van der Waals surface area contributed by atoms with E-state index in [0.717, 1.165) is 16.2 Å². The van der Waals surface area contributed by atoms with Gasteiger partial charge in [-0.2, -0.15) is 0 Å². The number of esters is 1. The van der Waals surface area contributed by atoms with Crippen molar-refractivity contribution < 1.29 is 44.1 Å². The summed E-state index contributed by atoms with van der Waals surface area (Å²) in [6, 6.07) is -1.08. The van der Waals surface area contributed by atoms with E-state index in [1.165, 1.54) is 5.38 Å². The normalized spacial score (nSPS) is 31.1. The lowest BCUT2D eigenvalue weighted by atomic mass is 9.89. The van der Waals surface area contributed by atoms with Crippen LogP contribution in [0.1, 0.15) is 12.1 Å². The Balaban J connectivity index is 1.56. The predicted octanol–water partition coefficient (Wildman–Crippen LogP) is -2.94. The molecule has 3 aliphatic heterocycles. The number of ether oxygens (including phenoxy) is 1. The maximum Gasteiger partial charge on any atom is 0.371 e. The molecule has 6 N–H and O–H groups in total. The van der Waals surface area contributed by atoms with Crippen LogP contribution in [0.4, 0.5) is 5.13 Å². The fourth-order valence-corrected chi connectivity index (χ4v) is 7.20. The molecule has 4 heterocycles.